The van der Waals surface area contributed by atoms with Gasteiger partial charge in [-0.05, 0) is 67.7 Å². The Labute approximate surface area is 166 Å². The van der Waals surface area contributed by atoms with Gasteiger partial charge in [-0.2, -0.15) is 0 Å². The lowest BCUT2D eigenvalue weighted by molar-refractivity contribution is 0.191. The molecule has 0 unspecified atom stereocenters. The van der Waals surface area contributed by atoms with E-state index in [-0.39, 0.29) is 11.8 Å². The van der Waals surface area contributed by atoms with Gasteiger partial charge in [-0.3, -0.25) is 0 Å². The first-order chi connectivity index (χ1) is 13.3. The zero-order valence-corrected chi connectivity index (χ0v) is 16.8. The molecule has 1 heterocycles. The highest BCUT2D eigenvalue weighted by Crippen LogP contribution is 2.26. The first-order valence-corrected chi connectivity index (χ1v) is 9.55. The maximum Gasteiger partial charge on any atom is 0.318 e. The Morgan fingerprint density at radius 2 is 1.89 bits per heavy atom. The van der Waals surface area contributed by atoms with Crippen LogP contribution in [0.2, 0.25) is 0 Å². The van der Waals surface area contributed by atoms with E-state index in [9.17, 15) is 9.18 Å². The van der Waals surface area contributed by atoms with Gasteiger partial charge in [0.2, 0.25) is 0 Å². The normalized spacial score (nSPS) is 14.4. The van der Waals surface area contributed by atoms with Gasteiger partial charge in [-0.25, -0.2) is 9.18 Å². The van der Waals surface area contributed by atoms with E-state index in [0.717, 1.165) is 34.3 Å². The average Bonchev–Trinajstić information content (AvgIpc) is 2.68. The number of nitrogens with zero attached hydrogens (tertiary/aromatic N) is 1. The molecule has 4 heteroatoms. The standard InChI is InChI=1S/C24H27FN2O/c1-17(2)20-6-5-7-21(16-20)24(3,4)26-23(28)27-14-12-19(13-15-27)18-8-10-22(25)11-9-18/h5-12,16H,1,13-15H2,2-4H3,(H,26,28). The maximum absolute atomic E-state index is 13.1. The number of benzene rings is 2. The van der Waals surface area contributed by atoms with E-state index >= 15 is 0 Å². The number of halogens is 1. The number of amides is 2. The van der Waals surface area contributed by atoms with E-state index in [0.29, 0.717) is 13.1 Å². The van der Waals surface area contributed by atoms with Crippen molar-refractivity contribution in [2.75, 3.05) is 13.1 Å². The van der Waals surface area contributed by atoms with Crippen LogP contribution in [0.4, 0.5) is 9.18 Å². The predicted molar refractivity (Wildman–Crippen MR) is 113 cm³/mol. The molecule has 3 nitrogen and oxygen atoms in total. The summed E-state index contributed by atoms with van der Waals surface area (Å²) in [5.41, 5.74) is 4.78. The van der Waals surface area contributed by atoms with Crippen molar-refractivity contribution >= 4 is 17.2 Å². The first kappa shape index (κ1) is 19.9. The smallest absolute Gasteiger partial charge is 0.318 e. The average molecular weight is 378 g/mol. The van der Waals surface area contributed by atoms with Gasteiger partial charge in [-0.1, -0.05) is 48.6 Å². The lowest BCUT2D eigenvalue weighted by Gasteiger charge is -2.33. The third-order valence-corrected chi connectivity index (χ3v) is 5.21. The monoisotopic (exact) mass is 378 g/mol. The fraction of sp³-hybridized carbons (Fsp3) is 0.292. The lowest BCUT2D eigenvalue weighted by atomic mass is 9.91. The van der Waals surface area contributed by atoms with Crippen molar-refractivity contribution in [2.24, 2.45) is 0 Å². The number of hydrogen-bond donors (Lipinski definition) is 1. The van der Waals surface area contributed by atoms with Crippen LogP contribution in [0.3, 0.4) is 0 Å². The third kappa shape index (κ3) is 4.50. The molecule has 0 aliphatic carbocycles. The molecule has 1 N–H and O–H groups in total. The maximum atomic E-state index is 13.1. The molecule has 28 heavy (non-hydrogen) atoms. The SMILES string of the molecule is C=C(C)c1cccc(C(C)(C)NC(=O)N2CC=C(c3ccc(F)cc3)CC2)c1. The molecule has 2 aromatic carbocycles. The van der Waals surface area contributed by atoms with E-state index in [1.807, 2.05) is 45.0 Å². The van der Waals surface area contributed by atoms with Crippen molar-refractivity contribution in [3.8, 4) is 0 Å². The molecule has 146 valence electrons. The van der Waals surface area contributed by atoms with E-state index in [1.54, 1.807) is 17.0 Å². The topological polar surface area (TPSA) is 32.3 Å². The summed E-state index contributed by atoms with van der Waals surface area (Å²) >= 11 is 0. The number of carbonyl (C=O) groups is 1. The highest BCUT2D eigenvalue weighted by Gasteiger charge is 2.27. The van der Waals surface area contributed by atoms with Crippen molar-refractivity contribution in [3.63, 3.8) is 0 Å². The van der Waals surface area contributed by atoms with Crippen LogP contribution >= 0.6 is 0 Å². The van der Waals surface area contributed by atoms with Crippen molar-refractivity contribution in [2.45, 2.75) is 32.7 Å². The quantitative estimate of drug-likeness (QED) is 0.739. The summed E-state index contributed by atoms with van der Waals surface area (Å²) in [4.78, 5) is 14.6. The zero-order valence-electron chi connectivity index (χ0n) is 16.8. The van der Waals surface area contributed by atoms with Crippen molar-refractivity contribution in [1.29, 1.82) is 0 Å². The molecular weight excluding hydrogens is 351 g/mol. The number of carbonyl (C=O) groups excluding carboxylic acids is 1. The Bertz CT molecular complexity index is 912. The lowest BCUT2D eigenvalue weighted by Crippen LogP contribution is -2.49. The van der Waals surface area contributed by atoms with Crippen LogP contribution in [0.25, 0.3) is 11.1 Å². The molecular formula is C24H27FN2O. The van der Waals surface area contributed by atoms with Crippen LogP contribution < -0.4 is 5.32 Å². The van der Waals surface area contributed by atoms with Crippen LogP contribution in [0.5, 0.6) is 0 Å². The zero-order chi connectivity index (χ0) is 20.3. The number of nitrogens with one attached hydrogen (secondary N) is 1. The molecule has 1 aliphatic heterocycles. The van der Waals surface area contributed by atoms with Crippen LogP contribution in [-0.2, 0) is 5.54 Å². The highest BCUT2D eigenvalue weighted by atomic mass is 19.1. The molecule has 0 bridgehead atoms. The summed E-state index contributed by atoms with van der Waals surface area (Å²) in [6.45, 7) is 11.2. The predicted octanol–water partition coefficient (Wildman–Crippen LogP) is 5.59. The third-order valence-electron chi connectivity index (χ3n) is 5.21. The van der Waals surface area contributed by atoms with E-state index in [1.165, 1.54) is 12.1 Å². The van der Waals surface area contributed by atoms with Gasteiger partial charge in [0.1, 0.15) is 5.82 Å². The number of hydrogen-bond acceptors (Lipinski definition) is 1. The Morgan fingerprint density at radius 3 is 2.50 bits per heavy atom. The molecule has 2 amide bonds. The Hall–Kier alpha value is -2.88. The second kappa shape index (κ2) is 8.01. The van der Waals surface area contributed by atoms with E-state index < -0.39 is 5.54 Å². The van der Waals surface area contributed by atoms with Crippen molar-refractivity contribution < 1.29 is 9.18 Å². The van der Waals surface area contributed by atoms with Gasteiger partial charge in [0, 0.05) is 13.1 Å². The molecule has 0 spiro atoms. The number of allylic oxidation sites excluding steroid dienone is 1. The Morgan fingerprint density at radius 1 is 1.18 bits per heavy atom. The van der Waals surface area contributed by atoms with Crippen molar-refractivity contribution in [1.82, 2.24) is 10.2 Å². The second-order valence-electron chi connectivity index (χ2n) is 7.85. The summed E-state index contributed by atoms with van der Waals surface area (Å²) in [7, 11) is 0. The van der Waals surface area contributed by atoms with E-state index in [2.05, 4.69) is 18.0 Å². The van der Waals surface area contributed by atoms with Gasteiger partial charge in [0.05, 0.1) is 5.54 Å². The van der Waals surface area contributed by atoms with Crippen LogP contribution in [0, 0.1) is 5.82 Å². The fourth-order valence-corrected chi connectivity index (χ4v) is 3.37. The second-order valence-corrected chi connectivity index (χ2v) is 7.85. The molecule has 3 rings (SSSR count). The van der Waals surface area contributed by atoms with Gasteiger partial charge in [-0.15, -0.1) is 0 Å². The Kier molecular flexibility index (Phi) is 5.68. The minimum absolute atomic E-state index is 0.0832. The minimum Gasteiger partial charge on any atom is -0.329 e. The van der Waals surface area contributed by atoms with Gasteiger partial charge in [0.25, 0.3) is 0 Å². The fourth-order valence-electron chi connectivity index (χ4n) is 3.37. The van der Waals surface area contributed by atoms with Crippen molar-refractivity contribution in [3.05, 3.63) is 83.7 Å². The summed E-state index contributed by atoms with van der Waals surface area (Å²) in [5.74, 6) is -0.237. The molecule has 1 aliphatic rings. The number of urea groups is 1. The molecule has 0 saturated heterocycles. The molecule has 0 fully saturated rings. The Balaban J connectivity index is 1.67. The van der Waals surface area contributed by atoms with Gasteiger partial charge in [0.15, 0.2) is 0 Å². The minimum atomic E-state index is -0.497. The summed E-state index contributed by atoms with van der Waals surface area (Å²) < 4.78 is 13.1. The van der Waals surface area contributed by atoms with Gasteiger partial charge >= 0.3 is 6.03 Å². The van der Waals surface area contributed by atoms with Crippen LogP contribution in [-0.4, -0.2) is 24.0 Å². The molecule has 0 saturated carbocycles. The first-order valence-electron chi connectivity index (χ1n) is 9.55. The molecule has 0 atom stereocenters. The van der Waals surface area contributed by atoms with Crippen LogP contribution in [0.1, 0.15) is 43.9 Å². The number of rotatable bonds is 4. The van der Waals surface area contributed by atoms with Gasteiger partial charge < -0.3 is 10.2 Å². The largest absolute Gasteiger partial charge is 0.329 e. The molecule has 0 radical (unpaired) electrons. The highest BCUT2D eigenvalue weighted by molar-refractivity contribution is 5.77. The molecule has 2 aromatic rings. The molecule has 0 aromatic heterocycles. The summed E-state index contributed by atoms with van der Waals surface area (Å²) in [5, 5.41) is 3.15. The summed E-state index contributed by atoms with van der Waals surface area (Å²) in [6, 6.07) is 14.5. The van der Waals surface area contributed by atoms with Crippen LogP contribution in [0.15, 0.2) is 61.2 Å². The van der Waals surface area contributed by atoms with E-state index in [4.69, 9.17) is 0 Å². The summed E-state index contributed by atoms with van der Waals surface area (Å²) in [6.07, 6.45) is 2.80.